The summed E-state index contributed by atoms with van der Waals surface area (Å²) in [6.07, 6.45) is 1.02. The Morgan fingerprint density at radius 3 is 2.17 bits per heavy atom. The van der Waals surface area contributed by atoms with Crippen molar-refractivity contribution in [1.29, 1.82) is 0 Å². The average Bonchev–Trinajstić information content (AvgIpc) is 2.51. The van der Waals surface area contributed by atoms with Crippen molar-refractivity contribution < 1.29 is 14.7 Å². The predicted octanol–water partition coefficient (Wildman–Crippen LogP) is 2.25. The molecule has 0 unspecified atom stereocenters. The Kier molecular flexibility index (Phi) is 5.74. The van der Waals surface area contributed by atoms with Gasteiger partial charge in [0.25, 0.3) is 0 Å². The molecular weight excluding hydrogens is 292 g/mol. The third-order valence-electron chi connectivity index (χ3n) is 3.31. The number of carbonyl (C=O) groups excluding carboxylic acids is 2. The quantitative estimate of drug-likeness (QED) is 0.765. The number of aromatic hydroxyl groups is 1. The molecule has 0 saturated heterocycles. The van der Waals surface area contributed by atoms with E-state index >= 15 is 0 Å². The molecule has 0 aliphatic heterocycles. The highest BCUT2D eigenvalue weighted by Crippen LogP contribution is 2.11. The fourth-order valence-electron chi connectivity index (χ4n) is 2.17. The van der Waals surface area contributed by atoms with Gasteiger partial charge in [0.2, 0.25) is 11.8 Å². The van der Waals surface area contributed by atoms with Crippen LogP contribution in [0, 0.1) is 0 Å². The molecule has 0 radical (unpaired) electrons. The Labute approximate surface area is 135 Å². The van der Waals surface area contributed by atoms with Gasteiger partial charge in [0, 0.05) is 19.2 Å². The first-order chi connectivity index (χ1) is 11.0. The van der Waals surface area contributed by atoms with E-state index < -0.39 is 0 Å². The molecule has 0 fully saturated rings. The molecule has 0 bridgehead atoms. The molecule has 120 valence electrons. The highest BCUT2D eigenvalue weighted by atomic mass is 16.3. The molecule has 0 aliphatic carbocycles. The lowest BCUT2D eigenvalue weighted by molar-refractivity contribution is -0.120. The number of nitrogens with one attached hydrogen (secondary N) is 2. The molecule has 0 atom stereocenters. The first-order valence-corrected chi connectivity index (χ1v) is 7.44. The van der Waals surface area contributed by atoms with Crippen LogP contribution in [0.25, 0.3) is 0 Å². The Balaban J connectivity index is 1.76. The number of hydrogen-bond acceptors (Lipinski definition) is 3. The third kappa shape index (κ3) is 5.82. The van der Waals surface area contributed by atoms with Crippen molar-refractivity contribution in [2.24, 2.45) is 0 Å². The Bertz CT molecular complexity index is 664. The SMILES string of the molecule is CC(=O)Nc1ccc(CC(=O)NCCc2ccc(O)cc2)cc1. The van der Waals surface area contributed by atoms with E-state index in [0.29, 0.717) is 25.1 Å². The Hall–Kier alpha value is -2.82. The molecule has 2 amide bonds. The minimum Gasteiger partial charge on any atom is -0.508 e. The van der Waals surface area contributed by atoms with Crippen molar-refractivity contribution in [3.8, 4) is 5.75 Å². The van der Waals surface area contributed by atoms with E-state index in [1.807, 2.05) is 24.3 Å². The lowest BCUT2D eigenvalue weighted by Gasteiger charge is -2.07. The molecule has 0 saturated carbocycles. The Morgan fingerprint density at radius 1 is 0.957 bits per heavy atom. The molecule has 2 aromatic rings. The fraction of sp³-hybridized carbons (Fsp3) is 0.222. The first-order valence-electron chi connectivity index (χ1n) is 7.44. The topological polar surface area (TPSA) is 78.4 Å². The number of hydrogen-bond donors (Lipinski definition) is 3. The molecule has 0 spiro atoms. The Morgan fingerprint density at radius 2 is 1.57 bits per heavy atom. The summed E-state index contributed by atoms with van der Waals surface area (Å²) in [7, 11) is 0. The van der Waals surface area contributed by atoms with Crippen LogP contribution in [0.4, 0.5) is 5.69 Å². The second-order valence-electron chi connectivity index (χ2n) is 5.32. The number of rotatable bonds is 6. The van der Waals surface area contributed by atoms with Gasteiger partial charge in [-0.05, 0) is 41.8 Å². The number of amides is 2. The van der Waals surface area contributed by atoms with E-state index in [4.69, 9.17) is 0 Å². The van der Waals surface area contributed by atoms with E-state index in [2.05, 4.69) is 10.6 Å². The number of benzene rings is 2. The van der Waals surface area contributed by atoms with Crippen molar-refractivity contribution in [2.45, 2.75) is 19.8 Å². The first kappa shape index (κ1) is 16.5. The van der Waals surface area contributed by atoms with Crippen LogP contribution in [0.3, 0.4) is 0 Å². The zero-order valence-corrected chi connectivity index (χ0v) is 13.0. The molecule has 5 nitrogen and oxygen atoms in total. The molecule has 0 aliphatic rings. The standard InChI is InChI=1S/C18H20N2O3/c1-13(21)20-16-6-2-15(3-7-16)12-18(23)19-11-10-14-4-8-17(22)9-5-14/h2-9,22H,10-12H2,1H3,(H,19,23)(H,20,21). The summed E-state index contributed by atoms with van der Waals surface area (Å²) in [5, 5.41) is 14.8. The van der Waals surface area contributed by atoms with Crippen molar-refractivity contribution >= 4 is 17.5 Å². The van der Waals surface area contributed by atoms with Gasteiger partial charge in [0.15, 0.2) is 0 Å². The minimum atomic E-state index is -0.121. The summed E-state index contributed by atoms with van der Waals surface area (Å²) in [6.45, 7) is 2.00. The van der Waals surface area contributed by atoms with Gasteiger partial charge in [0.05, 0.1) is 6.42 Å². The van der Waals surface area contributed by atoms with Crippen molar-refractivity contribution in [3.05, 3.63) is 59.7 Å². The van der Waals surface area contributed by atoms with Gasteiger partial charge in [-0.25, -0.2) is 0 Å². The molecular formula is C18H20N2O3. The third-order valence-corrected chi connectivity index (χ3v) is 3.31. The van der Waals surface area contributed by atoms with Gasteiger partial charge in [-0.15, -0.1) is 0 Å². The van der Waals surface area contributed by atoms with Crippen molar-refractivity contribution in [1.82, 2.24) is 5.32 Å². The van der Waals surface area contributed by atoms with E-state index in [1.54, 1.807) is 24.3 Å². The minimum absolute atomic E-state index is 0.0453. The lowest BCUT2D eigenvalue weighted by atomic mass is 10.1. The highest BCUT2D eigenvalue weighted by molar-refractivity contribution is 5.88. The van der Waals surface area contributed by atoms with Gasteiger partial charge >= 0.3 is 0 Å². The normalized spacial score (nSPS) is 10.1. The van der Waals surface area contributed by atoms with Crippen LogP contribution in [-0.4, -0.2) is 23.5 Å². The van der Waals surface area contributed by atoms with Gasteiger partial charge in [-0.3, -0.25) is 9.59 Å². The summed E-state index contributed by atoms with van der Waals surface area (Å²) in [4.78, 5) is 22.8. The summed E-state index contributed by atoms with van der Waals surface area (Å²) in [5.74, 6) is 0.0706. The molecule has 0 heterocycles. The number of phenols is 1. The van der Waals surface area contributed by atoms with E-state index in [-0.39, 0.29) is 17.6 Å². The van der Waals surface area contributed by atoms with Gasteiger partial charge < -0.3 is 15.7 Å². The monoisotopic (exact) mass is 312 g/mol. The van der Waals surface area contributed by atoms with Gasteiger partial charge in [-0.1, -0.05) is 24.3 Å². The summed E-state index contributed by atoms with van der Waals surface area (Å²) >= 11 is 0. The average molecular weight is 312 g/mol. The highest BCUT2D eigenvalue weighted by Gasteiger charge is 2.04. The summed E-state index contributed by atoms with van der Waals surface area (Å²) in [5.41, 5.74) is 2.66. The van der Waals surface area contributed by atoms with Crippen molar-refractivity contribution in [2.75, 3.05) is 11.9 Å². The lowest BCUT2D eigenvalue weighted by Crippen LogP contribution is -2.27. The molecule has 0 aromatic heterocycles. The smallest absolute Gasteiger partial charge is 0.224 e. The maximum atomic E-state index is 11.9. The van der Waals surface area contributed by atoms with Crippen molar-refractivity contribution in [3.63, 3.8) is 0 Å². The maximum Gasteiger partial charge on any atom is 0.224 e. The summed E-state index contributed by atoms with van der Waals surface area (Å²) in [6, 6.07) is 14.1. The van der Waals surface area contributed by atoms with Crippen LogP contribution in [-0.2, 0) is 22.4 Å². The zero-order chi connectivity index (χ0) is 16.7. The van der Waals surface area contributed by atoms with E-state index in [1.165, 1.54) is 6.92 Å². The second kappa shape index (κ2) is 7.98. The molecule has 3 N–H and O–H groups in total. The van der Waals surface area contributed by atoms with Crippen LogP contribution in [0.15, 0.2) is 48.5 Å². The molecule has 2 aromatic carbocycles. The van der Waals surface area contributed by atoms with Crippen LogP contribution >= 0.6 is 0 Å². The van der Waals surface area contributed by atoms with Gasteiger partial charge in [-0.2, -0.15) is 0 Å². The van der Waals surface area contributed by atoms with Gasteiger partial charge in [0.1, 0.15) is 5.75 Å². The number of anilines is 1. The second-order valence-corrected chi connectivity index (χ2v) is 5.32. The molecule has 2 rings (SSSR count). The van der Waals surface area contributed by atoms with E-state index in [0.717, 1.165) is 11.1 Å². The van der Waals surface area contributed by atoms with Crippen LogP contribution in [0.5, 0.6) is 5.75 Å². The van der Waals surface area contributed by atoms with E-state index in [9.17, 15) is 14.7 Å². The van der Waals surface area contributed by atoms with Crippen LogP contribution < -0.4 is 10.6 Å². The molecule has 23 heavy (non-hydrogen) atoms. The summed E-state index contributed by atoms with van der Waals surface area (Å²) < 4.78 is 0. The number of phenolic OH excluding ortho intramolecular Hbond substituents is 1. The maximum absolute atomic E-state index is 11.9. The fourth-order valence-corrected chi connectivity index (χ4v) is 2.17. The molecule has 5 heteroatoms. The predicted molar refractivity (Wildman–Crippen MR) is 89.3 cm³/mol. The van der Waals surface area contributed by atoms with Crippen LogP contribution in [0.1, 0.15) is 18.1 Å². The zero-order valence-electron chi connectivity index (χ0n) is 13.0. The number of carbonyl (C=O) groups is 2. The largest absolute Gasteiger partial charge is 0.508 e. The van der Waals surface area contributed by atoms with Crippen LogP contribution in [0.2, 0.25) is 0 Å².